The Kier molecular flexibility index (Phi) is 6.13. The van der Waals surface area contributed by atoms with Crippen LogP contribution in [0.5, 0.6) is 0 Å². The topological polar surface area (TPSA) is 102 Å². The van der Waals surface area contributed by atoms with Crippen LogP contribution in [0.1, 0.15) is 6.92 Å². The number of aromatic nitrogens is 4. The summed E-state index contributed by atoms with van der Waals surface area (Å²) in [5.41, 5.74) is 5.76. The Bertz CT molecular complexity index is 1300. The summed E-state index contributed by atoms with van der Waals surface area (Å²) in [6, 6.07) is 13.7. The molecular formula is C24H25N7O2S. The Balaban J connectivity index is 1.36. The van der Waals surface area contributed by atoms with Gasteiger partial charge in [-0.25, -0.2) is 14.8 Å². The van der Waals surface area contributed by atoms with E-state index < -0.39 is 0 Å². The fourth-order valence-corrected chi connectivity index (χ4v) is 4.27. The van der Waals surface area contributed by atoms with Crippen molar-refractivity contribution in [2.45, 2.75) is 6.92 Å². The molecule has 9 nitrogen and oxygen atoms in total. The van der Waals surface area contributed by atoms with Crippen LogP contribution in [-0.2, 0) is 4.74 Å². The van der Waals surface area contributed by atoms with E-state index in [2.05, 4.69) is 20.2 Å². The molecule has 1 aliphatic heterocycles. The van der Waals surface area contributed by atoms with E-state index >= 15 is 0 Å². The van der Waals surface area contributed by atoms with Crippen molar-refractivity contribution in [3.05, 3.63) is 54.9 Å². The van der Waals surface area contributed by atoms with Crippen LogP contribution in [0.25, 0.3) is 33.8 Å². The zero-order chi connectivity index (χ0) is 23.5. The monoisotopic (exact) mass is 475 g/mol. The van der Waals surface area contributed by atoms with Crippen LogP contribution in [0.2, 0.25) is 0 Å². The number of thiocarbonyl (C=S) groups is 1. The third kappa shape index (κ3) is 4.44. The number of aromatic amines is 2. The van der Waals surface area contributed by atoms with Crippen molar-refractivity contribution in [2.75, 3.05) is 38.1 Å². The minimum atomic E-state index is -0.272. The van der Waals surface area contributed by atoms with Crippen LogP contribution < -0.4 is 5.32 Å². The minimum Gasteiger partial charge on any atom is -0.450 e. The van der Waals surface area contributed by atoms with Crippen LogP contribution in [0, 0.1) is 0 Å². The lowest BCUT2D eigenvalue weighted by Crippen LogP contribution is -2.51. The Labute approximate surface area is 202 Å². The maximum atomic E-state index is 11.9. The van der Waals surface area contributed by atoms with Gasteiger partial charge in [-0.05, 0) is 61.6 Å². The summed E-state index contributed by atoms with van der Waals surface area (Å²) < 4.78 is 5.08. The normalized spacial score (nSPS) is 13.8. The van der Waals surface area contributed by atoms with Crippen LogP contribution in [0.15, 0.2) is 54.9 Å². The Morgan fingerprint density at radius 2 is 1.59 bits per heavy atom. The summed E-state index contributed by atoms with van der Waals surface area (Å²) in [7, 11) is 0. The van der Waals surface area contributed by atoms with Gasteiger partial charge in [-0.1, -0.05) is 0 Å². The standard InChI is InChI=1S/C24H25N7O2S/c1-2-33-24(32)31-13-11-30(12-14-31)23(34)27-16-7-8-17-20(15-16)29-22(19-6-4-10-26-19)21(28-17)18-5-3-9-25-18/h3-10,15,25-26H,2,11-14H2,1H3,(H,27,34). The van der Waals surface area contributed by atoms with Crippen molar-refractivity contribution >= 4 is 40.1 Å². The van der Waals surface area contributed by atoms with Gasteiger partial charge >= 0.3 is 6.09 Å². The molecule has 0 atom stereocenters. The van der Waals surface area contributed by atoms with E-state index in [1.165, 1.54) is 0 Å². The summed E-state index contributed by atoms with van der Waals surface area (Å²) in [6.45, 7) is 4.63. The number of hydrogen-bond acceptors (Lipinski definition) is 5. The summed E-state index contributed by atoms with van der Waals surface area (Å²) in [4.78, 5) is 32.0. The highest BCUT2D eigenvalue weighted by molar-refractivity contribution is 7.80. The SMILES string of the molecule is CCOC(=O)N1CCN(C(=S)Nc2ccc3nc(-c4ccc[nH]4)c(-c4ccc[nH]4)nc3c2)CC1. The minimum absolute atomic E-state index is 0.272. The Morgan fingerprint density at radius 3 is 2.18 bits per heavy atom. The highest BCUT2D eigenvalue weighted by Crippen LogP contribution is 2.30. The van der Waals surface area contributed by atoms with Crippen molar-refractivity contribution in [3.8, 4) is 22.8 Å². The molecule has 4 heterocycles. The van der Waals surface area contributed by atoms with Crippen LogP contribution in [0.3, 0.4) is 0 Å². The number of nitrogens with one attached hydrogen (secondary N) is 3. The van der Waals surface area contributed by atoms with E-state index in [9.17, 15) is 4.79 Å². The number of fused-ring (bicyclic) bond motifs is 1. The maximum absolute atomic E-state index is 11.9. The molecule has 1 amide bonds. The van der Waals surface area contributed by atoms with Gasteiger partial charge in [0.2, 0.25) is 0 Å². The van der Waals surface area contributed by atoms with Gasteiger partial charge in [0.15, 0.2) is 5.11 Å². The molecule has 1 aliphatic rings. The van der Waals surface area contributed by atoms with E-state index in [4.69, 9.17) is 26.9 Å². The fourth-order valence-electron chi connectivity index (χ4n) is 3.97. The van der Waals surface area contributed by atoms with Crippen molar-refractivity contribution in [2.24, 2.45) is 0 Å². The smallest absolute Gasteiger partial charge is 0.409 e. The first-order valence-electron chi connectivity index (χ1n) is 11.2. The van der Waals surface area contributed by atoms with Crippen molar-refractivity contribution in [3.63, 3.8) is 0 Å². The van der Waals surface area contributed by atoms with E-state index in [1.54, 1.807) is 4.90 Å². The van der Waals surface area contributed by atoms with E-state index in [0.717, 1.165) is 39.5 Å². The fraction of sp³-hybridized carbons (Fsp3) is 0.250. The molecule has 0 unspecified atom stereocenters. The third-order valence-electron chi connectivity index (χ3n) is 5.71. The summed E-state index contributed by atoms with van der Waals surface area (Å²) in [6.07, 6.45) is 3.48. The highest BCUT2D eigenvalue weighted by atomic mass is 32.1. The quantitative estimate of drug-likeness (QED) is 0.382. The average molecular weight is 476 g/mol. The molecule has 1 saturated heterocycles. The number of carbonyl (C=O) groups excluding carboxylic acids is 1. The molecule has 0 spiro atoms. The van der Waals surface area contributed by atoms with Gasteiger partial charge < -0.3 is 29.8 Å². The predicted octanol–water partition coefficient (Wildman–Crippen LogP) is 4.09. The zero-order valence-corrected chi connectivity index (χ0v) is 19.6. The van der Waals surface area contributed by atoms with Gasteiger partial charge in [0.25, 0.3) is 0 Å². The van der Waals surface area contributed by atoms with Gasteiger partial charge in [0, 0.05) is 44.3 Å². The van der Waals surface area contributed by atoms with E-state index in [1.807, 2.05) is 61.8 Å². The van der Waals surface area contributed by atoms with Gasteiger partial charge in [-0.2, -0.15) is 0 Å². The molecule has 5 rings (SSSR count). The molecule has 10 heteroatoms. The number of nitrogens with zero attached hydrogens (tertiary/aromatic N) is 4. The molecule has 174 valence electrons. The van der Waals surface area contributed by atoms with Gasteiger partial charge in [0.1, 0.15) is 11.4 Å². The summed E-state index contributed by atoms with van der Waals surface area (Å²) in [5.74, 6) is 0. The summed E-state index contributed by atoms with van der Waals surface area (Å²) in [5, 5.41) is 3.92. The molecule has 0 aliphatic carbocycles. The van der Waals surface area contributed by atoms with Gasteiger partial charge in [0.05, 0.1) is 29.0 Å². The first kappa shape index (κ1) is 21.9. The lowest BCUT2D eigenvalue weighted by molar-refractivity contribution is 0.0923. The average Bonchev–Trinajstić information content (AvgIpc) is 3.58. The second-order valence-electron chi connectivity index (χ2n) is 7.90. The van der Waals surface area contributed by atoms with Crippen molar-refractivity contribution < 1.29 is 9.53 Å². The number of anilines is 1. The number of hydrogen-bond donors (Lipinski definition) is 3. The second kappa shape index (κ2) is 9.52. The molecule has 1 aromatic carbocycles. The number of ether oxygens (including phenoxy) is 1. The van der Waals surface area contributed by atoms with Crippen LogP contribution in [-0.4, -0.2) is 73.7 Å². The Hall–Kier alpha value is -3.92. The molecule has 0 radical (unpaired) electrons. The summed E-state index contributed by atoms with van der Waals surface area (Å²) >= 11 is 5.63. The third-order valence-corrected chi connectivity index (χ3v) is 6.07. The largest absolute Gasteiger partial charge is 0.450 e. The molecule has 3 aromatic heterocycles. The predicted molar refractivity (Wildman–Crippen MR) is 136 cm³/mol. The lowest BCUT2D eigenvalue weighted by atomic mass is 10.1. The zero-order valence-electron chi connectivity index (χ0n) is 18.7. The van der Waals surface area contributed by atoms with Gasteiger partial charge in [-0.3, -0.25) is 0 Å². The number of benzene rings is 1. The van der Waals surface area contributed by atoms with Gasteiger partial charge in [-0.15, -0.1) is 0 Å². The van der Waals surface area contributed by atoms with Crippen LogP contribution >= 0.6 is 12.2 Å². The van der Waals surface area contributed by atoms with Crippen molar-refractivity contribution in [1.29, 1.82) is 0 Å². The first-order chi connectivity index (χ1) is 16.6. The molecule has 3 N–H and O–H groups in total. The van der Waals surface area contributed by atoms with E-state index in [-0.39, 0.29) is 6.09 Å². The number of piperazine rings is 1. The van der Waals surface area contributed by atoms with E-state index in [0.29, 0.717) is 37.9 Å². The number of amides is 1. The molecular weight excluding hydrogens is 450 g/mol. The maximum Gasteiger partial charge on any atom is 0.409 e. The molecule has 34 heavy (non-hydrogen) atoms. The highest BCUT2D eigenvalue weighted by Gasteiger charge is 2.23. The number of H-pyrrole nitrogens is 2. The molecule has 0 bridgehead atoms. The molecule has 1 fully saturated rings. The van der Waals surface area contributed by atoms with Crippen molar-refractivity contribution in [1.82, 2.24) is 29.7 Å². The number of carbonyl (C=O) groups is 1. The molecule has 4 aromatic rings. The lowest BCUT2D eigenvalue weighted by Gasteiger charge is -2.35. The van der Waals surface area contributed by atoms with Crippen LogP contribution in [0.4, 0.5) is 10.5 Å². The second-order valence-corrected chi connectivity index (χ2v) is 8.28. The molecule has 0 saturated carbocycles. The number of rotatable bonds is 4. The first-order valence-corrected chi connectivity index (χ1v) is 11.6. The Morgan fingerprint density at radius 1 is 0.971 bits per heavy atom.